The summed E-state index contributed by atoms with van der Waals surface area (Å²) in [5, 5.41) is 10.1. The highest BCUT2D eigenvalue weighted by atomic mass is 28.4. The van der Waals surface area contributed by atoms with E-state index in [0.29, 0.717) is 6.42 Å². The number of likely N-dealkylation sites (tertiary alicyclic amines) is 1. The fourth-order valence-corrected chi connectivity index (χ4v) is 5.62. The molecular weight excluding hydrogens is 512 g/mol. The SMILES string of the molecule is C=CCO[C@@H]1C[C@H]([C@@H](O[Si](C)(C)C(C)(C)C)C(Cc2cc(F)cc(F)c2)C(=O)O)N(C(=O)OC(C)(C)C)C1. The first-order chi connectivity index (χ1) is 17.3. The molecule has 1 heterocycles. The van der Waals surface area contributed by atoms with Crippen LogP contribution in [-0.2, 0) is 25.1 Å². The molecule has 1 N–H and O–H groups in total. The second kappa shape index (κ2) is 12.3. The summed E-state index contributed by atoms with van der Waals surface area (Å²) in [7, 11) is -2.59. The zero-order valence-electron chi connectivity index (χ0n) is 23.8. The number of benzene rings is 1. The Bertz CT molecular complexity index is 984. The topological polar surface area (TPSA) is 85.3 Å². The van der Waals surface area contributed by atoms with Crippen LogP contribution in [0.15, 0.2) is 30.9 Å². The Morgan fingerprint density at radius 2 is 1.74 bits per heavy atom. The number of carbonyl (C=O) groups excluding carboxylic acids is 1. The van der Waals surface area contributed by atoms with E-state index in [4.69, 9.17) is 13.9 Å². The van der Waals surface area contributed by atoms with Crippen molar-refractivity contribution < 1.29 is 37.4 Å². The molecule has 4 atom stereocenters. The molecule has 1 aliphatic heterocycles. The van der Waals surface area contributed by atoms with Gasteiger partial charge in [-0.05, 0) is 69.4 Å². The molecule has 10 heteroatoms. The van der Waals surface area contributed by atoms with Crippen LogP contribution in [0.2, 0.25) is 18.1 Å². The van der Waals surface area contributed by atoms with E-state index >= 15 is 0 Å². The summed E-state index contributed by atoms with van der Waals surface area (Å²) >= 11 is 0. The Balaban J connectivity index is 2.59. The van der Waals surface area contributed by atoms with Gasteiger partial charge in [0.05, 0.1) is 37.3 Å². The van der Waals surface area contributed by atoms with Crippen LogP contribution in [0.4, 0.5) is 13.6 Å². The molecule has 0 saturated carbocycles. The van der Waals surface area contributed by atoms with Crippen LogP contribution in [0.25, 0.3) is 0 Å². The van der Waals surface area contributed by atoms with E-state index < -0.39 is 61.8 Å². The number of hydrogen-bond donors (Lipinski definition) is 1. The average Bonchev–Trinajstić information content (AvgIpc) is 3.16. The molecule has 0 aliphatic carbocycles. The molecule has 0 radical (unpaired) electrons. The molecule has 7 nitrogen and oxygen atoms in total. The molecule has 1 aliphatic rings. The van der Waals surface area contributed by atoms with Crippen molar-refractivity contribution in [1.29, 1.82) is 0 Å². The Hall–Kier alpha value is -2.30. The summed E-state index contributed by atoms with van der Waals surface area (Å²) in [6, 6.07) is 2.29. The highest BCUT2D eigenvalue weighted by Gasteiger charge is 2.50. The maximum absolute atomic E-state index is 14.0. The summed E-state index contributed by atoms with van der Waals surface area (Å²) in [6.45, 7) is 19.5. The third kappa shape index (κ3) is 8.61. The van der Waals surface area contributed by atoms with Crippen molar-refractivity contribution in [2.45, 2.75) is 96.4 Å². The smallest absolute Gasteiger partial charge is 0.410 e. The second-order valence-electron chi connectivity index (χ2n) is 12.4. The van der Waals surface area contributed by atoms with E-state index in [0.717, 1.165) is 18.2 Å². The van der Waals surface area contributed by atoms with Crippen LogP contribution < -0.4 is 0 Å². The maximum Gasteiger partial charge on any atom is 0.410 e. The molecule has 1 aromatic rings. The third-order valence-corrected chi connectivity index (χ3v) is 11.6. The minimum atomic E-state index is -2.59. The highest BCUT2D eigenvalue weighted by Crippen LogP contribution is 2.41. The van der Waals surface area contributed by atoms with Crippen molar-refractivity contribution in [1.82, 2.24) is 4.90 Å². The summed E-state index contributed by atoms with van der Waals surface area (Å²) in [4.78, 5) is 27.6. The van der Waals surface area contributed by atoms with Crippen molar-refractivity contribution in [3.63, 3.8) is 0 Å². The zero-order chi connectivity index (χ0) is 29.1. The van der Waals surface area contributed by atoms with E-state index in [1.807, 2.05) is 33.9 Å². The maximum atomic E-state index is 14.0. The number of nitrogens with zero attached hydrogens (tertiary/aromatic N) is 1. The fraction of sp³-hybridized carbons (Fsp3) is 0.643. The van der Waals surface area contributed by atoms with Crippen molar-refractivity contribution in [3.8, 4) is 0 Å². The standard InChI is InChI=1S/C28H43F2NO6Si/c1-10-11-35-21-16-23(31(17-21)26(34)36-27(2,3)4)24(37-38(8,9)28(5,6)7)22(25(32)33)14-18-12-19(29)15-20(30)13-18/h10,12-13,15,21-24H,1,11,14,16-17H2,2-9H3,(H,32,33)/t21-,22?,23-,24+/m1/s1. The van der Waals surface area contributed by atoms with Crippen LogP contribution in [0.1, 0.15) is 53.5 Å². The molecule has 0 aromatic heterocycles. The number of aliphatic carboxylic acids is 1. The van der Waals surface area contributed by atoms with Gasteiger partial charge in [0, 0.05) is 6.07 Å². The molecule has 38 heavy (non-hydrogen) atoms. The average molecular weight is 556 g/mol. The lowest BCUT2D eigenvalue weighted by molar-refractivity contribution is -0.146. The lowest BCUT2D eigenvalue weighted by Gasteiger charge is -2.44. The van der Waals surface area contributed by atoms with Crippen LogP contribution in [-0.4, -0.2) is 67.4 Å². The summed E-state index contributed by atoms with van der Waals surface area (Å²) in [5.41, 5.74) is -0.581. The van der Waals surface area contributed by atoms with Crippen molar-refractivity contribution >= 4 is 20.4 Å². The first-order valence-electron chi connectivity index (χ1n) is 12.9. The van der Waals surface area contributed by atoms with Gasteiger partial charge in [-0.3, -0.25) is 9.69 Å². The van der Waals surface area contributed by atoms with Crippen molar-refractivity contribution in [3.05, 3.63) is 48.1 Å². The number of rotatable bonds is 10. The Morgan fingerprint density at radius 3 is 2.21 bits per heavy atom. The predicted molar refractivity (Wildman–Crippen MR) is 145 cm³/mol. The van der Waals surface area contributed by atoms with E-state index in [9.17, 15) is 23.5 Å². The summed E-state index contributed by atoms with van der Waals surface area (Å²) in [6.07, 6.45) is -0.236. The van der Waals surface area contributed by atoms with Gasteiger partial charge in [-0.1, -0.05) is 26.8 Å². The molecule has 2 rings (SSSR count). The molecule has 0 spiro atoms. The number of hydrogen-bond acceptors (Lipinski definition) is 5. The van der Waals surface area contributed by atoms with Gasteiger partial charge in [-0.2, -0.15) is 0 Å². The van der Waals surface area contributed by atoms with E-state index in [1.165, 1.54) is 4.90 Å². The summed E-state index contributed by atoms with van der Waals surface area (Å²) in [5.74, 6) is -3.96. The number of carbonyl (C=O) groups is 2. The molecule has 1 unspecified atom stereocenters. The van der Waals surface area contributed by atoms with Gasteiger partial charge in [0.2, 0.25) is 0 Å². The first kappa shape index (κ1) is 31.9. The lowest BCUT2D eigenvalue weighted by atomic mass is 9.88. The fourth-order valence-electron chi connectivity index (χ4n) is 4.27. The molecule has 1 saturated heterocycles. The van der Waals surface area contributed by atoms with Crippen molar-refractivity contribution in [2.24, 2.45) is 5.92 Å². The second-order valence-corrected chi connectivity index (χ2v) is 17.2. The highest BCUT2D eigenvalue weighted by molar-refractivity contribution is 6.74. The normalized spacial score (nSPS) is 20.2. The minimum Gasteiger partial charge on any atom is -0.481 e. The number of amides is 1. The van der Waals surface area contributed by atoms with Crippen LogP contribution >= 0.6 is 0 Å². The molecule has 0 bridgehead atoms. The Morgan fingerprint density at radius 1 is 1.16 bits per heavy atom. The number of ether oxygens (including phenoxy) is 2. The predicted octanol–water partition coefficient (Wildman–Crippen LogP) is 6.18. The van der Waals surface area contributed by atoms with Crippen LogP contribution in [0.5, 0.6) is 0 Å². The molecule has 1 fully saturated rings. The van der Waals surface area contributed by atoms with E-state index in [-0.39, 0.29) is 30.2 Å². The number of carboxylic acid groups (broad SMARTS) is 1. The quantitative estimate of drug-likeness (QED) is 0.274. The van der Waals surface area contributed by atoms with Gasteiger partial charge in [-0.25, -0.2) is 13.6 Å². The lowest BCUT2D eigenvalue weighted by Crippen LogP contribution is -2.55. The molecule has 1 aromatic carbocycles. The van der Waals surface area contributed by atoms with Crippen LogP contribution in [0, 0.1) is 17.6 Å². The first-order valence-corrected chi connectivity index (χ1v) is 15.8. The largest absolute Gasteiger partial charge is 0.481 e. The number of halogens is 2. The van der Waals surface area contributed by atoms with Gasteiger partial charge in [0.15, 0.2) is 8.32 Å². The molecule has 1 amide bonds. The monoisotopic (exact) mass is 555 g/mol. The zero-order valence-corrected chi connectivity index (χ0v) is 24.8. The third-order valence-electron chi connectivity index (χ3n) is 7.09. The van der Waals surface area contributed by atoms with Gasteiger partial charge >= 0.3 is 12.1 Å². The van der Waals surface area contributed by atoms with Gasteiger partial charge < -0.3 is 19.0 Å². The summed E-state index contributed by atoms with van der Waals surface area (Å²) < 4.78 is 46.3. The molecular formula is C28H43F2NO6Si. The minimum absolute atomic E-state index is 0.180. The van der Waals surface area contributed by atoms with Gasteiger partial charge in [0.1, 0.15) is 17.2 Å². The number of carboxylic acids is 1. The van der Waals surface area contributed by atoms with Gasteiger partial charge in [0.25, 0.3) is 0 Å². The van der Waals surface area contributed by atoms with Gasteiger partial charge in [-0.15, -0.1) is 6.58 Å². The van der Waals surface area contributed by atoms with Crippen LogP contribution in [0.3, 0.4) is 0 Å². The Labute approximate surface area is 226 Å². The van der Waals surface area contributed by atoms with E-state index in [2.05, 4.69) is 6.58 Å². The van der Waals surface area contributed by atoms with Crippen molar-refractivity contribution in [2.75, 3.05) is 13.2 Å². The molecule has 214 valence electrons. The Kier molecular flexibility index (Phi) is 10.3. The van der Waals surface area contributed by atoms with E-state index in [1.54, 1.807) is 26.8 Å².